The first-order valence-electron chi connectivity index (χ1n) is 9.76. The molecule has 6 atom stereocenters. The Morgan fingerprint density at radius 1 is 0.793 bits per heavy atom. The fourth-order valence-electron chi connectivity index (χ4n) is 3.92. The summed E-state index contributed by atoms with van der Waals surface area (Å²) in [7, 11) is 3.16. The van der Waals surface area contributed by atoms with E-state index in [1.54, 1.807) is 14.2 Å². The molecule has 6 N–H and O–H groups in total. The molecule has 0 amide bonds. The largest absolute Gasteiger partial charge is 0.412 e. The van der Waals surface area contributed by atoms with Crippen LogP contribution in [0, 0.1) is 11.8 Å². The lowest BCUT2D eigenvalue weighted by atomic mass is 9.84. The Hall–Kier alpha value is -1.42. The van der Waals surface area contributed by atoms with E-state index in [1.807, 2.05) is 12.2 Å². The van der Waals surface area contributed by atoms with E-state index < -0.39 is 12.2 Å². The molecule has 0 aromatic rings. The summed E-state index contributed by atoms with van der Waals surface area (Å²) in [6.45, 7) is 0. The maximum atomic E-state index is 12.0. The Morgan fingerprint density at radius 3 is 1.52 bits per heavy atom. The molecule has 0 spiro atoms. The number of aliphatic hydroxyl groups is 2. The fraction of sp³-hybridized carbons (Fsp3) is 0.714. The Kier molecular flexibility index (Phi) is 13.1. The van der Waals surface area contributed by atoms with Crippen LogP contribution in [0.1, 0.15) is 44.9 Å². The first-order valence-corrected chi connectivity index (χ1v) is 9.76. The standard InChI is InChI=1S/C21H32O6.2H2O/c1-26-20-11-14(5-9-18(20)24)3-7-16(22)13-17(23)8-4-15-6-10-19(25)21(12-15)27-2;;/h3-4,7-8,14-15,18-21,24-25H,5-6,9-13H2,1-2H3;2*1H2/b7-3+,8-4+;;. The van der Waals surface area contributed by atoms with E-state index in [9.17, 15) is 19.8 Å². The van der Waals surface area contributed by atoms with Crippen molar-refractivity contribution in [2.45, 2.75) is 69.4 Å². The zero-order valence-electron chi connectivity index (χ0n) is 17.3. The van der Waals surface area contributed by atoms with Gasteiger partial charge in [-0.15, -0.1) is 0 Å². The third-order valence-corrected chi connectivity index (χ3v) is 5.66. The quantitative estimate of drug-likeness (QED) is 0.429. The smallest absolute Gasteiger partial charge is 0.163 e. The molecule has 2 rings (SSSR count). The van der Waals surface area contributed by atoms with Crippen LogP contribution in [0.2, 0.25) is 0 Å². The van der Waals surface area contributed by atoms with Crippen LogP contribution in [0.5, 0.6) is 0 Å². The zero-order chi connectivity index (χ0) is 19.8. The van der Waals surface area contributed by atoms with Gasteiger partial charge in [-0.05, 0) is 62.5 Å². The van der Waals surface area contributed by atoms with Crippen LogP contribution in [-0.2, 0) is 19.1 Å². The second-order valence-corrected chi connectivity index (χ2v) is 7.66. The zero-order valence-corrected chi connectivity index (χ0v) is 17.3. The van der Waals surface area contributed by atoms with Gasteiger partial charge in [-0.2, -0.15) is 0 Å². The van der Waals surface area contributed by atoms with Crippen LogP contribution < -0.4 is 0 Å². The van der Waals surface area contributed by atoms with Crippen LogP contribution in [0.25, 0.3) is 0 Å². The summed E-state index contributed by atoms with van der Waals surface area (Å²) in [6, 6.07) is 0. The first-order chi connectivity index (χ1) is 12.9. The highest BCUT2D eigenvalue weighted by Crippen LogP contribution is 2.28. The predicted molar refractivity (Wildman–Crippen MR) is 108 cm³/mol. The van der Waals surface area contributed by atoms with Gasteiger partial charge in [-0.1, -0.05) is 12.2 Å². The molecule has 0 aliphatic heterocycles. The molecule has 2 fully saturated rings. The van der Waals surface area contributed by atoms with Gasteiger partial charge in [0.15, 0.2) is 11.6 Å². The van der Waals surface area contributed by atoms with Gasteiger partial charge in [0.2, 0.25) is 0 Å². The van der Waals surface area contributed by atoms with Gasteiger partial charge in [0.25, 0.3) is 0 Å². The second kappa shape index (κ2) is 13.7. The normalized spacial score (nSPS) is 32.6. The Balaban J connectivity index is 0.00000392. The van der Waals surface area contributed by atoms with E-state index in [2.05, 4.69) is 0 Å². The number of ether oxygens (including phenoxy) is 2. The third-order valence-electron chi connectivity index (χ3n) is 5.66. The molecule has 0 aromatic carbocycles. The highest BCUT2D eigenvalue weighted by atomic mass is 16.5. The van der Waals surface area contributed by atoms with Gasteiger partial charge in [0.1, 0.15) is 0 Å². The highest BCUT2D eigenvalue weighted by Gasteiger charge is 2.28. The van der Waals surface area contributed by atoms with Crippen LogP contribution in [0.15, 0.2) is 24.3 Å². The van der Waals surface area contributed by atoms with Crippen LogP contribution >= 0.6 is 0 Å². The third kappa shape index (κ3) is 8.86. The van der Waals surface area contributed by atoms with Crippen LogP contribution in [0.4, 0.5) is 0 Å². The monoisotopic (exact) mass is 416 g/mol. The second-order valence-electron chi connectivity index (χ2n) is 7.66. The highest BCUT2D eigenvalue weighted by molar-refractivity contribution is 6.08. The summed E-state index contributed by atoms with van der Waals surface area (Å²) in [4.78, 5) is 24.1. The number of rotatable bonds is 8. The molecule has 2 aliphatic carbocycles. The van der Waals surface area contributed by atoms with Crippen molar-refractivity contribution in [1.29, 1.82) is 0 Å². The topological polar surface area (TPSA) is 156 Å². The number of hydrogen-bond acceptors (Lipinski definition) is 6. The lowest BCUT2D eigenvalue weighted by Gasteiger charge is -2.30. The van der Waals surface area contributed by atoms with E-state index in [4.69, 9.17) is 9.47 Å². The molecule has 0 saturated heterocycles. The Bertz CT molecular complexity index is 511. The Morgan fingerprint density at radius 2 is 1.17 bits per heavy atom. The van der Waals surface area contributed by atoms with Crippen LogP contribution in [-0.4, -0.2) is 71.4 Å². The summed E-state index contributed by atoms with van der Waals surface area (Å²) < 4.78 is 10.5. The fourth-order valence-corrected chi connectivity index (χ4v) is 3.92. The molecule has 2 aliphatic rings. The maximum Gasteiger partial charge on any atom is 0.163 e. The van der Waals surface area contributed by atoms with E-state index >= 15 is 0 Å². The van der Waals surface area contributed by atoms with E-state index in [0.717, 1.165) is 12.8 Å². The summed E-state index contributed by atoms with van der Waals surface area (Å²) >= 11 is 0. The van der Waals surface area contributed by atoms with E-state index in [-0.39, 0.29) is 53.0 Å². The molecule has 0 radical (unpaired) electrons. The van der Waals surface area contributed by atoms with Crippen molar-refractivity contribution in [3.05, 3.63) is 24.3 Å². The minimum atomic E-state index is -0.444. The molecular weight excluding hydrogens is 380 g/mol. The summed E-state index contributed by atoms with van der Waals surface area (Å²) in [5.41, 5.74) is 0. The number of ketones is 2. The van der Waals surface area contributed by atoms with Crippen molar-refractivity contribution in [3.8, 4) is 0 Å². The lowest BCUT2D eigenvalue weighted by molar-refractivity contribution is -0.122. The van der Waals surface area contributed by atoms with E-state index in [0.29, 0.717) is 25.7 Å². The number of hydrogen-bond donors (Lipinski definition) is 2. The molecule has 8 nitrogen and oxygen atoms in total. The number of carbonyl (C=O) groups is 2. The molecule has 0 heterocycles. The predicted octanol–water partition coefficient (Wildman–Crippen LogP) is 0.330. The molecular formula is C21H36O8. The van der Waals surface area contributed by atoms with Gasteiger partial charge in [0.05, 0.1) is 30.8 Å². The van der Waals surface area contributed by atoms with Crippen molar-refractivity contribution in [1.82, 2.24) is 0 Å². The van der Waals surface area contributed by atoms with Gasteiger partial charge < -0.3 is 30.6 Å². The van der Waals surface area contributed by atoms with Crippen molar-refractivity contribution in [2.24, 2.45) is 11.8 Å². The van der Waals surface area contributed by atoms with E-state index in [1.165, 1.54) is 12.2 Å². The SMILES string of the molecule is COC1CC(/C=C/C(=O)CC(=O)/C=C/C2CCC(O)C(OC)C2)CCC1O.O.O. The number of carbonyl (C=O) groups excluding carboxylic acids is 2. The maximum absolute atomic E-state index is 12.0. The Labute approximate surface area is 172 Å². The summed E-state index contributed by atoms with van der Waals surface area (Å²) in [5.74, 6) is -0.0441. The molecule has 2 saturated carbocycles. The molecule has 8 heteroatoms. The average Bonchev–Trinajstić information content (AvgIpc) is 2.66. The first kappa shape index (κ1) is 27.6. The molecule has 0 aromatic heterocycles. The van der Waals surface area contributed by atoms with Crippen molar-refractivity contribution in [2.75, 3.05) is 14.2 Å². The lowest BCUT2D eigenvalue weighted by Crippen LogP contribution is -2.34. The van der Waals surface area contributed by atoms with Crippen molar-refractivity contribution >= 4 is 11.6 Å². The van der Waals surface area contributed by atoms with Gasteiger partial charge in [-0.25, -0.2) is 0 Å². The van der Waals surface area contributed by atoms with Crippen molar-refractivity contribution in [3.63, 3.8) is 0 Å². The minimum absolute atomic E-state index is 0. The summed E-state index contributed by atoms with van der Waals surface area (Å²) in [5, 5.41) is 19.6. The molecule has 168 valence electrons. The van der Waals surface area contributed by atoms with Gasteiger partial charge in [0, 0.05) is 14.2 Å². The van der Waals surface area contributed by atoms with Gasteiger partial charge >= 0.3 is 0 Å². The number of methoxy groups -OCH3 is 2. The molecule has 29 heavy (non-hydrogen) atoms. The average molecular weight is 417 g/mol. The van der Waals surface area contributed by atoms with Crippen molar-refractivity contribution < 1.29 is 40.2 Å². The van der Waals surface area contributed by atoms with Crippen LogP contribution in [0.3, 0.4) is 0 Å². The minimum Gasteiger partial charge on any atom is -0.412 e. The number of allylic oxidation sites excluding steroid dienone is 4. The molecule has 0 bridgehead atoms. The molecule has 6 unspecified atom stereocenters. The van der Waals surface area contributed by atoms with Gasteiger partial charge in [-0.3, -0.25) is 9.59 Å². The number of aliphatic hydroxyl groups excluding tert-OH is 2. The summed E-state index contributed by atoms with van der Waals surface area (Å²) in [6.07, 6.45) is 9.52.